The lowest BCUT2D eigenvalue weighted by Crippen LogP contribution is -2.15. The molecule has 0 bridgehead atoms. The van der Waals surface area contributed by atoms with E-state index in [0.29, 0.717) is 6.61 Å². The Labute approximate surface area is 94.5 Å². The third-order valence-electron chi connectivity index (χ3n) is 1.86. The summed E-state index contributed by atoms with van der Waals surface area (Å²) in [6.45, 7) is 2.50. The Morgan fingerprint density at radius 3 is 3.13 bits per heavy atom. The number of hydrogen-bond acceptors (Lipinski definition) is 5. The van der Waals surface area contributed by atoms with Crippen LogP contribution >= 0.6 is 11.8 Å². The summed E-state index contributed by atoms with van der Waals surface area (Å²) in [5.41, 5.74) is 6.62. The van der Waals surface area contributed by atoms with Crippen molar-refractivity contribution in [2.24, 2.45) is 5.73 Å². The summed E-state index contributed by atoms with van der Waals surface area (Å²) in [5.74, 6) is 2.71. The number of aromatic nitrogens is 1. The Morgan fingerprint density at radius 2 is 2.47 bits per heavy atom. The number of rotatable bonds is 7. The number of nitrogens with two attached hydrogens (primary N) is 1. The van der Waals surface area contributed by atoms with Gasteiger partial charge in [0, 0.05) is 25.0 Å². The first-order chi connectivity index (χ1) is 7.22. The van der Waals surface area contributed by atoms with Crippen LogP contribution in [0.2, 0.25) is 0 Å². The highest BCUT2D eigenvalue weighted by Gasteiger charge is 2.03. The fraction of sp³-hybridized carbons (Fsp3) is 0.700. The summed E-state index contributed by atoms with van der Waals surface area (Å²) < 4.78 is 10.0. The van der Waals surface area contributed by atoms with Gasteiger partial charge in [-0.05, 0) is 19.1 Å². The zero-order valence-electron chi connectivity index (χ0n) is 9.23. The van der Waals surface area contributed by atoms with Crippen LogP contribution in [-0.4, -0.2) is 24.1 Å². The summed E-state index contributed by atoms with van der Waals surface area (Å²) in [4.78, 5) is 0. The normalized spacial score (nSPS) is 13.0. The largest absolute Gasteiger partial charge is 0.377 e. The monoisotopic (exact) mass is 230 g/mol. The summed E-state index contributed by atoms with van der Waals surface area (Å²) in [5, 5.41) is 3.94. The second-order valence-corrected chi connectivity index (χ2v) is 4.64. The zero-order valence-corrected chi connectivity index (χ0v) is 10.0. The first-order valence-corrected chi connectivity index (χ1v) is 6.14. The molecule has 1 aromatic rings. The van der Waals surface area contributed by atoms with Gasteiger partial charge >= 0.3 is 0 Å². The highest BCUT2D eigenvalue weighted by molar-refractivity contribution is 7.98. The van der Waals surface area contributed by atoms with Crippen molar-refractivity contribution in [1.82, 2.24) is 5.16 Å². The van der Waals surface area contributed by atoms with Crippen LogP contribution in [0, 0.1) is 0 Å². The maximum Gasteiger partial charge on any atom is 0.162 e. The van der Waals surface area contributed by atoms with E-state index in [9.17, 15) is 0 Å². The van der Waals surface area contributed by atoms with E-state index < -0.39 is 0 Å². The van der Waals surface area contributed by atoms with Gasteiger partial charge < -0.3 is 15.0 Å². The van der Waals surface area contributed by atoms with Crippen LogP contribution in [0.25, 0.3) is 0 Å². The van der Waals surface area contributed by atoms with Gasteiger partial charge in [0.05, 0.1) is 5.69 Å². The molecule has 0 saturated heterocycles. The average Bonchev–Trinajstić information content (AvgIpc) is 2.61. The van der Waals surface area contributed by atoms with Crippen LogP contribution in [0.15, 0.2) is 10.6 Å². The van der Waals surface area contributed by atoms with Crippen molar-refractivity contribution in [2.45, 2.75) is 31.7 Å². The number of hydrogen-bond donors (Lipinski definition) is 1. The lowest BCUT2D eigenvalue weighted by molar-refractivity contribution is 0.156. The standard InChI is InChI=1S/C10H18N2O2S/c1-8(11)3-4-15-7-9-5-10(6-13-2)14-12-9/h5,8H,3-4,6-7,11H2,1-2H3. The molecule has 86 valence electrons. The minimum Gasteiger partial charge on any atom is -0.377 e. The molecule has 0 spiro atoms. The molecule has 0 radical (unpaired) electrons. The molecule has 1 heterocycles. The molecule has 1 aromatic heterocycles. The van der Waals surface area contributed by atoms with E-state index in [1.807, 2.05) is 24.8 Å². The molecular weight excluding hydrogens is 212 g/mol. The lowest BCUT2D eigenvalue weighted by atomic mass is 10.3. The third kappa shape index (κ3) is 5.20. The van der Waals surface area contributed by atoms with E-state index in [-0.39, 0.29) is 6.04 Å². The first kappa shape index (κ1) is 12.5. The fourth-order valence-corrected chi connectivity index (χ4v) is 2.11. The lowest BCUT2D eigenvalue weighted by Gasteiger charge is -2.02. The smallest absolute Gasteiger partial charge is 0.162 e. The van der Waals surface area contributed by atoms with Gasteiger partial charge in [0.15, 0.2) is 5.76 Å². The number of thioether (sulfide) groups is 1. The van der Waals surface area contributed by atoms with Crippen LogP contribution in [0.4, 0.5) is 0 Å². The molecule has 5 heteroatoms. The minimum absolute atomic E-state index is 0.277. The van der Waals surface area contributed by atoms with Crippen molar-refractivity contribution >= 4 is 11.8 Å². The van der Waals surface area contributed by atoms with E-state index >= 15 is 0 Å². The number of methoxy groups -OCH3 is 1. The van der Waals surface area contributed by atoms with Crippen molar-refractivity contribution in [3.8, 4) is 0 Å². The number of nitrogens with zero attached hydrogens (tertiary/aromatic N) is 1. The maximum absolute atomic E-state index is 5.65. The van der Waals surface area contributed by atoms with E-state index in [1.54, 1.807) is 7.11 Å². The minimum atomic E-state index is 0.277. The van der Waals surface area contributed by atoms with Gasteiger partial charge in [0.2, 0.25) is 0 Å². The molecule has 1 atom stereocenters. The Bertz CT molecular complexity index is 276. The molecule has 1 rings (SSSR count). The van der Waals surface area contributed by atoms with E-state index in [1.165, 1.54) is 0 Å². The second kappa shape index (κ2) is 6.87. The van der Waals surface area contributed by atoms with Crippen LogP contribution in [0.5, 0.6) is 0 Å². The van der Waals surface area contributed by atoms with Gasteiger partial charge in [-0.2, -0.15) is 11.8 Å². The molecule has 0 fully saturated rings. The molecule has 2 N–H and O–H groups in total. The van der Waals surface area contributed by atoms with E-state index in [2.05, 4.69) is 5.16 Å². The van der Waals surface area contributed by atoms with Gasteiger partial charge in [0.25, 0.3) is 0 Å². The van der Waals surface area contributed by atoms with E-state index in [0.717, 1.165) is 29.4 Å². The molecule has 0 saturated carbocycles. The van der Waals surface area contributed by atoms with Gasteiger partial charge in [-0.25, -0.2) is 0 Å². The second-order valence-electron chi connectivity index (χ2n) is 3.54. The van der Waals surface area contributed by atoms with E-state index in [4.69, 9.17) is 15.0 Å². The highest BCUT2D eigenvalue weighted by Crippen LogP contribution is 2.14. The van der Waals surface area contributed by atoms with Crippen LogP contribution in [0.3, 0.4) is 0 Å². The molecule has 1 unspecified atom stereocenters. The van der Waals surface area contributed by atoms with Crippen molar-refractivity contribution in [2.75, 3.05) is 12.9 Å². The van der Waals surface area contributed by atoms with Crippen LogP contribution in [0.1, 0.15) is 24.8 Å². The van der Waals surface area contributed by atoms with Crippen LogP contribution < -0.4 is 5.73 Å². The van der Waals surface area contributed by atoms with Crippen molar-refractivity contribution in [1.29, 1.82) is 0 Å². The SMILES string of the molecule is COCc1cc(CSCCC(C)N)no1. The molecule has 0 amide bonds. The van der Waals surface area contributed by atoms with Gasteiger partial charge in [-0.3, -0.25) is 0 Å². The van der Waals surface area contributed by atoms with Gasteiger partial charge in [-0.1, -0.05) is 5.16 Å². The molecule has 0 aromatic carbocycles. The Kier molecular flexibility index (Phi) is 5.75. The van der Waals surface area contributed by atoms with Crippen molar-refractivity contribution in [3.63, 3.8) is 0 Å². The van der Waals surface area contributed by atoms with Crippen LogP contribution in [-0.2, 0) is 17.1 Å². The molecule has 0 aliphatic carbocycles. The topological polar surface area (TPSA) is 61.3 Å². The predicted molar refractivity (Wildman–Crippen MR) is 61.6 cm³/mol. The Balaban J connectivity index is 2.19. The third-order valence-corrected chi connectivity index (χ3v) is 2.89. The molecule has 0 aliphatic rings. The van der Waals surface area contributed by atoms with Gasteiger partial charge in [-0.15, -0.1) is 0 Å². The van der Waals surface area contributed by atoms with Gasteiger partial charge in [0.1, 0.15) is 6.61 Å². The van der Waals surface area contributed by atoms with Crippen molar-refractivity contribution in [3.05, 3.63) is 17.5 Å². The molecule has 15 heavy (non-hydrogen) atoms. The summed E-state index contributed by atoms with van der Waals surface area (Å²) in [7, 11) is 1.64. The quantitative estimate of drug-likeness (QED) is 0.724. The maximum atomic E-state index is 5.65. The number of ether oxygens (including phenoxy) is 1. The highest BCUT2D eigenvalue weighted by atomic mass is 32.2. The summed E-state index contributed by atoms with van der Waals surface area (Å²) in [6.07, 6.45) is 1.04. The summed E-state index contributed by atoms with van der Waals surface area (Å²) >= 11 is 1.82. The fourth-order valence-electron chi connectivity index (χ4n) is 1.08. The summed E-state index contributed by atoms with van der Waals surface area (Å²) in [6, 6.07) is 2.21. The Hall–Kier alpha value is -0.520. The molecule has 0 aliphatic heterocycles. The molecule has 4 nitrogen and oxygen atoms in total. The zero-order chi connectivity index (χ0) is 11.1. The predicted octanol–water partition coefficient (Wildman–Crippen LogP) is 1.79. The average molecular weight is 230 g/mol. The van der Waals surface area contributed by atoms with Crippen molar-refractivity contribution < 1.29 is 9.26 Å². The molecular formula is C10H18N2O2S. The first-order valence-electron chi connectivity index (χ1n) is 4.99. The Morgan fingerprint density at radius 1 is 1.67 bits per heavy atom.